The van der Waals surface area contributed by atoms with Gasteiger partial charge < -0.3 is 6.16 Å². The molecule has 1 aromatic rings. The first-order valence-corrected chi connectivity index (χ1v) is 5.00. The molecule has 0 aliphatic rings. The summed E-state index contributed by atoms with van der Waals surface area (Å²) in [5.74, 6) is -2.37. The van der Waals surface area contributed by atoms with E-state index >= 15 is 0 Å². The van der Waals surface area contributed by atoms with Crippen LogP contribution in [-0.4, -0.2) is 24.2 Å². The summed E-state index contributed by atoms with van der Waals surface area (Å²) in [6.45, 7) is 0. The van der Waals surface area contributed by atoms with Crippen LogP contribution in [0, 0.1) is 5.82 Å². The number of halogens is 3. The Labute approximate surface area is 131 Å². The van der Waals surface area contributed by atoms with Crippen LogP contribution in [0.2, 0.25) is 5.02 Å². The van der Waals surface area contributed by atoms with Crippen molar-refractivity contribution >= 4 is 35.0 Å². The molecule has 0 bridgehead atoms. The van der Waals surface area contributed by atoms with E-state index in [9.17, 15) is 14.0 Å². The molecule has 0 spiro atoms. The van der Waals surface area contributed by atoms with Gasteiger partial charge in [-0.3, -0.25) is 4.79 Å². The van der Waals surface area contributed by atoms with Crippen LogP contribution in [0.4, 0.5) is 4.39 Å². The molecule has 1 unspecified atom stereocenters. The Morgan fingerprint density at radius 3 is 2.53 bits per heavy atom. The van der Waals surface area contributed by atoms with E-state index in [1.165, 1.54) is 12.1 Å². The van der Waals surface area contributed by atoms with E-state index in [0.29, 0.717) is 0 Å². The summed E-state index contributed by atoms with van der Waals surface area (Å²) in [4.78, 5) is 22.5. The van der Waals surface area contributed by atoms with Crippen LogP contribution in [0.15, 0.2) is 18.2 Å². The molecular formula is C10H8Cl2FNaO3. The van der Waals surface area contributed by atoms with E-state index in [0.717, 1.165) is 13.2 Å². The van der Waals surface area contributed by atoms with E-state index in [1.807, 2.05) is 0 Å². The third-order valence-electron chi connectivity index (χ3n) is 1.84. The van der Waals surface area contributed by atoms with E-state index in [4.69, 9.17) is 23.2 Å². The Morgan fingerprint density at radius 2 is 2.06 bits per heavy atom. The van der Waals surface area contributed by atoms with Gasteiger partial charge in [0.25, 0.3) is 0 Å². The first-order valence-electron chi connectivity index (χ1n) is 4.18. The van der Waals surface area contributed by atoms with Gasteiger partial charge in [0.05, 0.1) is 12.1 Å². The number of rotatable bonds is 3. The number of alkyl halides is 1. The molecule has 1 rings (SSSR count). The minimum atomic E-state index is -1.48. The molecular weight excluding hydrogens is 281 g/mol. The number of hydrogen-bond donors (Lipinski definition) is 0. The summed E-state index contributed by atoms with van der Waals surface area (Å²) in [6.07, 6.45) is 0. The number of hydrogen-bond acceptors (Lipinski definition) is 3. The summed E-state index contributed by atoms with van der Waals surface area (Å²) in [5.41, 5.74) is -0.0349. The van der Waals surface area contributed by atoms with Gasteiger partial charge in [-0.25, -0.2) is 9.18 Å². The van der Waals surface area contributed by atoms with Crippen LogP contribution >= 0.6 is 23.2 Å². The summed E-state index contributed by atoms with van der Waals surface area (Å²) in [5, 5.41) is -1.59. The van der Waals surface area contributed by atoms with Crippen LogP contribution in [0.3, 0.4) is 0 Å². The predicted molar refractivity (Wildman–Crippen MR) is 58.5 cm³/mol. The number of methoxy groups -OCH3 is 1. The Hall–Kier alpha value is -0.130. The molecule has 0 aromatic heterocycles. The normalized spacial score (nSPS) is 11.3. The number of ether oxygens (including phenoxy) is 1. The molecule has 0 heterocycles. The smallest absolute Gasteiger partial charge is 1.00 e. The molecule has 3 nitrogen and oxygen atoms in total. The Morgan fingerprint density at radius 1 is 1.47 bits per heavy atom. The second kappa shape index (κ2) is 7.34. The van der Waals surface area contributed by atoms with Crippen molar-refractivity contribution in [2.75, 3.05) is 7.11 Å². The number of carbonyl (C=O) groups excluding carboxylic acids is 2. The molecule has 7 heteroatoms. The summed E-state index contributed by atoms with van der Waals surface area (Å²) in [7, 11) is 1.10. The third kappa shape index (κ3) is 4.23. The van der Waals surface area contributed by atoms with Gasteiger partial charge in [0, 0.05) is 5.56 Å². The average Bonchev–Trinajstić information content (AvgIpc) is 2.29. The van der Waals surface area contributed by atoms with Crippen LogP contribution in [-0.2, 0) is 9.53 Å². The molecule has 0 fully saturated rings. The number of Topliss-reactive ketones (excluding diaryl/α,β-unsaturated/α-hetero) is 1. The van der Waals surface area contributed by atoms with Crippen LogP contribution in [0.25, 0.3) is 0 Å². The molecule has 0 saturated carbocycles. The fourth-order valence-electron chi connectivity index (χ4n) is 1.01. The maximum Gasteiger partial charge on any atom is 1.00 e. The molecule has 0 radical (unpaired) electrons. The third-order valence-corrected chi connectivity index (χ3v) is 2.53. The minimum absolute atomic E-state index is 0. The Bertz CT molecular complexity index is 445. The largest absolute Gasteiger partial charge is 1.00 e. The molecule has 0 aliphatic heterocycles. The first-order chi connectivity index (χ1) is 7.47. The SMILES string of the molecule is COC(=O)C(Cl)C(=O)c1ccc(Cl)c(F)c1.[H-].[Na+]. The Kier molecular flexibility index (Phi) is 7.28. The number of esters is 1. The molecule has 0 aliphatic carbocycles. The van der Waals surface area contributed by atoms with Gasteiger partial charge in [0.2, 0.25) is 0 Å². The fraction of sp³-hybridized carbons (Fsp3) is 0.200. The molecule has 0 amide bonds. The predicted octanol–water partition coefficient (Wildman–Crippen LogP) is -0.441. The van der Waals surface area contributed by atoms with Gasteiger partial charge in [0.1, 0.15) is 5.82 Å². The van der Waals surface area contributed by atoms with Crippen molar-refractivity contribution in [1.82, 2.24) is 0 Å². The zero-order chi connectivity index (χ0) is 12.3. The van der Waals surface area contributed by atoms with Crippen molar-refractivity contribution in [2.24, 2.45) is 0 Å². The van der Waals surface area contributed by atoms with Gasteiger partial charge in [-0.05, 0) is 18.2 Å². The summed E-state index contributed by atoms with van der Waals surface area (Å²) < 4.78 is 17.3. The van der Waals surface area contributed by atoms with E-state index in [1.54, 1.807) is 0 Å². The summed E-state index contributed by atoms with van der Waals surface area (Å²) in [6, 6.07) is 3.42. The molecule has 1 aromatic carbocycles. The molecule has 17 heavy (non-hydrogen) atoms. The van der Waals surface area contributed by atoms with Crippen molar-refractivity contribution < 1.29 is 49.7 Å². The van der Waals surface area contributed by atoms with Crippen molar-refractivity contribution in [3.8, 4) is 0 Å². The van der Waals surface area contributed by atoms with Crippen molar-refractivity contribution in [3.63, 3.8) is 0 Å². The quantitative estimate of drug-likeness (QED) is 0.249. The maximum absolute atomic E-state index is 13.0. The molecule has 1 atom stereocenters. The fourth-order valence-corrected chi connectivity index (χ4v) is 1.34. The zero-order valence-corrected chi connectivity index (χ0v) is 12.7. The van der Waals surface area contributed by atoms with Crippen molar-refractivity contribution in [2.45, 2.75) is 5.38 Å². The Balaban J connectivity index is 0. The van der Waals surface area contributed by atoms with E-state index < -0.39 is 22.9 Å². The van der Waals surface area contributed by atoms with E-state index in [-0.39, 0.29) is 41.6 Å². The zero-order valence-electron chi connectivity index (χ0n) is 10.2. The number of carbonyl (C=O) groups is 2. The van der Waals surface area contributed by atoms with Gasteiger partial charge >= 0.3 is 35.5 Å². The van der Waals surface area contributed by atoms with Crippen LogP contribution in [0.1, 0.15) is 11.8 Å². The standard InChI is InChI=1S/C10H7Cl2FO3.Na.H/c1-16-10(15)8(12)9(14)5-2-3-6(11)7(13)4-5;;/h2-4,8H,1H3;;/q;+1;-1. The van der Waals surface area contributed by atoms with Crippen molar-refractivity contribution in [1.29, 1.82) is 0 Å². The van der Waals surface area contributed by atoms with Crippen LogP contribution in [0.5, 0.6) is 0 Å². The molecule has 0 saturated heterocycles. The van der Waals surface area contributed by atoms with Crippen LogP contribution < -0.4 is 29.6 Å². The molecule has 88 valence electrons. The molecule has 0 N–H and O–H groups in total. The van der Waals surface area contributed by atoms with Gasteiger partial charge in [0.15, 0.2) is 11.2 Å². The summed E-state index contributed by atoms with van der Waals surface area (Å²) >= 11 is 11.0. The first kappa shape index (κ1) is 16.9. The van der Waals surface area contributed by atoms with E-state index in [2.05, 4.69) is 4.74 Å². The monoisotopic (exact) mass is 288 g/mol. The average molecular weight is 289 g/mol. The second-order valence-electron chi connectivity index (χ2n) is 2.88. The number of ketones is 1. The number of benzene rings is 1. The maximum atomic E-state index is 13.0. The second-order valence-corrected chi connectivity index (χ2v) is 3.72. The van der Waals surface area contributed by atoms with Gasteiger partial charge in [-0.2, -0.15) is 0 Å². The van der Waals surface area contributed by atoms with Gasteiger partial charge in [-0.15, -0.1) is 11.6 Å². The van der Waals surface area contributed by atoms with Crippen molar-refractivity contribution in [3.05, 3.63) is 34.6 Å². The van der Waals surface area contributed by atoms with Gasteiger partial charge in [-0.1, -0.05) is 11.6 Å². The topological polar surface area (TPSA) is 43.4 Å². The minimum Gasteiger partial charge on any atom is -1.00 e.